The number of halogens is 1. The Labute approximate surface area is 184 Å². The molecule has 2 atom stereocenters. The van der Waals surface area contributed by atoms with E-state index in [1.807, 2.05) is 0 Å². The number of hydrogen-bond donors (Lipinski definition) is 2. The number of hydrogen-bond acceptors (Lipinski definition) is 8. The van der Waals surface area contributed by atoms with Gasteiger partial charge in [0.15, 0.2) is 0 Å². The van der Waals surface area contributed by atoms with E-state index in [-0.39, 0.29) is 42.5 Å². The van der Waals surface area contributed by atoms with Crippen LogP contribution in [0.3, 0.4) is 0 Å². The van der Waals surface area contributed by atoms with Crippen LogP contribution in [0.1, 0.15) is 22.5 Å². The Balaban J connectivity index is 1.74. The van der Waals surface area contributed by atoms with Gasteiger partial charge in [0.05, 0.1) is 19.9 Å². The molecule has 0 radical (unpaired) electrons. The van der Waals surface area contributed by atoms with E-state index in [4.69, 9.17) is 15.2 Å². The minimum Gasteiger partial charge on any atom is -0.495 e. The number of carbonyl (C=O) groups is 1. The molecule has 1 fully saturated rings. The Morgan fingerprint density at radius 1 is 1.38 bits per heavy atom. The van der Waals surface area contributed by atoms with Gasteiger partial charge >= 0.3 is 0 Å². The van der Waals surface area contributed by atoms with Crippen LogP contribution >= 0.6 is 0 Å². The Morgan fingerprint density at radius 3 is 2.84 bits per heavy atom. The summed E-state index contributed by atoms with van der Waals surface area (Å²) in [5.41, 5.74) is 4.83. The molecule has 3 N–H and O–H groups in total. The lowest BCUT2D eigenvalue weighted by Crippen LogP contribution is -2.61. The number of sulfonamides is 1. The van der Waals surface area contributed by atoms with E-state index in [1.54, 1.807) is 6.07 Å². The summed E-state index contributed by atoms with van der Waals surface area (Å²) in [4.78, 5) is 21.0. The Hall–Kier alpha value is -3.25. The van der Waals surface area contributed by atoms with Crippen molar-refractivity contribution in [1.29, 1.82) is 0 Å². The highest BCUT2D eigenvalue weighted by Crippen LogP contribution is 2.44. The second-order valence-corrected chi connectivity index (χ2v) is 9.60. The van der Waals surface area contributed by atoms with Crippen molar-refractivity contribution in [2.45, 2.75) is 17.2 Å². The average molecular weight is 463 g/mol. The molecule has 1 aromatic carbocycles. The quantitative estimate of drug-likeness (QED) is 0.692. The van der Waals surface area contributed by atoms with Gasteiger partial charge in [-0.15, -0.1) is 0 Å². The maximum atomic E-state index is 15.0. The van der Waals surface area contributed by atoms with Gasteiger partial charge in [0, 0.05) is 31.3 Å². The Bertz CT molecular complexity index is 1190. The van der Waals surface area contributed by atoms with E-state index in [9.17, 15) is 13.2 Å². The molecule has 32 heavy (non-hydrogen) atoms. The predicted octanol–water partition coefficient (Wildman–Crippen LogP) is 1.06. The van der Waals surface area contributed by atoms with E-state index >= 15 is 4.39 Å². The molecule has 2 aliphatic heterocycles. The number of carbonyl (C=O) groups excluding carboxylic acids is 1. The van der Waals surface area contributed by atoms with Crippen LogP contribution in [0.15, 0.2) is 41.5 Å². The Morgan fingerprint density at radius 2 is 2.16 bits per heavy atom. The monoisotopic (exact) mass is 463 g/mol. The number of ether oxygens (including phenoxy) is 2. The number of nitrogens with two attached hydrogens (primary N) is 1. The molecule has 10 nitrogen and oxygen atoms in total. The molecule has 4 rings (SSSR count). The molecule has 1 saturated heterocycles. The number of methoxy groups -OCH3 is 1. The fourth-order valence-corrected chi connectivity index (χ4v) is 5.65. The first-order valence-electron chi connectivity index (χ1n) is 9.71. The van der Waals surface area contributed by atoms with Crippen LogP contribution in [0.4, 0.5) is 10.1 Å². The molecule has 12 heteroatoms. The van der Waals surface area contributed by atoms with Crippen LogP contribution in [0, 0.1) is 5.82 Å². The molecule has 0 bridgehead atoms. The number of amides is 1. The summed E-state index contributed by atoms with van der Waals surface area (Å²) in [7, 11) is -1.17. The number of pyridine rings is 1. The van der Waals surface area contributed by atoms with Crippen molar-refractivity contribution in [1.82, 2.24) is 9.29 Å². The lowest BCUT2D eigenvalue weighted by molar-refractivity contribution is 0.0521. The molecule has 1 aromatic heterocycles. The largest absolute Gasteiger partial charge is 0.495 e. The summed E-state index contributed by atoms with van der Waals surface area (Å²) in [6.45, 7) is 0.0214. The van der Waals surface area contributed by atoms with E-state index in [0.717, 1.165) is 10.4 Å². The van der Waals surface area contributed by atoms with Gasteiger partial charge in [-0.2, -0.15) is 0 Å². The highest BCUT2D eigenvalue weighted by Gasteiger charge is 2.55. The zero-order chi connectivity index (χ0) is 23.1. The third-order valence-electron chi connectivity index (χ3n) is 5.70. The van der Waals surface area contributed by atoms with Gasteiger partial charge in [0.2, 0.25) is 16.0 Å². The lowest BCUT2D eigenvalue weighted by atomic mass is 9.82. The van der Waals surface area contributed by atoms with E-state index < -0.39 is 32.5 Å². The molecule has 1 amide bonds. The van der Waals surface area contributed by atoms with E-state index in [1.165, 1.54) is 38.6 Å². The molecule has 2 aliphatic rings. The van der Waals surface area contributed by atoms with Gasteiger partial charge < -0.3 is 20.5 Å². The summed E-state index contributed by atoms with van der Waals surface area (Å²) in [6.07, 6.45) is 1.51. The maximum absolute atomic E-state index is 15.0. The Kier molecular flexibility index (Phi) is 5.51. The smallest absolute Gasteiger partial charge is 0.274 e. The second-order valence-electron chi connectivity index (χ2n) is 7.45. The first-order chi connectivity index (χ1) is 15.2. The summed E-state index contributed by atoms with van der Waals surface area (Å²) in [5.74, 6) is -0.923. The summed E-state index contributed by atoms with van der Waals surface area (Å²) < 4.78 is 52.4. The number of fused-ring (bicyclic) bond motifs is 1. The zero-order valence-electron chi connectivity index (χ0n) is 17.4. The number of nitrogens with zero attached hydrogens (tertiary/aromatic N) is 3. The number of rotatable bonds is 4. The average Bonchev–Trinajstić information content (AvgIpc) is 2.79. The van der Waals surface area contributed by atoms with Crippen molar-refractivity contribution >= 4 is 27.6 Å². The molecular formula is C20H22FN5O5S. The van der Waals surface area contributed by atoms with Crippen molar-refractivity contribution in [2.24, 2.45) is 10.7 Å². The zero-order valence-corrected chi connectivity index (χ0v) is 18.2. The minimum absolute atomic E-state index is 0.0194. The molecule has 170 valence electrons. The molecule has 2 unspecified atom stereocenters. The SMILES string of the molecule is COc1ccc(C(=O)Nc2ccc(F)c(C34CCOCC3S(=O)(=O)N(C)C(N)=N4)c2)nc1. The van der Waals surface area contributed by atoms with Crippen LogP contribution in [0.2, 0.25) is 0 Å². The van der Waals surface area contributed by atoms with Gasteiger partial charge in [-0.1, -0.05) is 0 Å². The lowest BCUT2D eigenvalue weighted by Gasteiger charge is -2.45. The number of aromatic nitrogens is 1. The number of benzene rings is 1. The van der Waals surface area contributed by atoms with Crippen LogP contribution in [-0.4, -0.2) is 62.2 Å². The van der Waals surface area contributed by atoms with Crippen molar-refractivity contribution < 1.29 is 27.1 Å². The highest BCUT2D eigenvalue weighted by atomic mass is 32.2. The van der Waals surface area contributed by atoms with Crippen LogP contribution in [-0.2, 0) is 20.3 Å². The van der Waals surface area contributed by atoms with E-state index in [2.05, 4.69) is 15.3 Å². The van der Waals surface area contributed by atoms with Gasteiger partial charge in [0.25, 0.3) is 5.91 Å². The fraction of sp³-hybridized carbons (Fsp3) is 0.350. The number of guanidine groups is 1. The second kappa shape index (κ2) is 8.02. The number of anilines is 1. The van der Waals surface area contributed by atoms with Crippen LogP contribution in [0.25, 0.3) is 0 Å². The van der Waals surface area contributed by atoms with E-state index in [0.29, 0.717) is 5.75 Å². The van der Waals surface area contributed by atoms with Crippen molar-refractivity contribution in [3.63, 3.8) is 0 Å². The molecule has 0 spiro atoms. The molecular weight excluding hydrogens is 441 g/mol. The first-order valence-corrected chi connectivity index (χ1v) is 11.2. The number of nitrogens with one attached hydrogen (secondary N) is 1. The molecule has 0 aliphatic carbocycles. The molecule has 3 heterocycles. The fourth-order valence-electron chi connectivity index (χ4n) is 3.91. The first kappa shape index (κ1) is 22.0. The minimum atomic E-state index is -3.94. The van der Waals surface area contributed by atoms with Gasteiger partial charge in [-0.3, -0.25) is 4.79 Å². The summed E-state index contributed by atoms with van der Waals surface area (Å²) in [5, 5.41) is 1.49. The standard InChI is InChI=1S/C20H22FN5O5S/c1-26-19(22)25-20(7-8-31-11-17(20)32(26,28)29)14-9-12(3-5-15(14)21)24-18(27)16-6-4-13(30-2)10-23-16/h3-6,9-10,17H,7-8,11H2,1-2H3,(H2,22,25)(H,24,27). The topological polar surface area (TPSA) is 136 Å². The summed E-state index contributed by atoms with van der Waals surface area (Å²) >= 11 is 0. The maximum Gasteiger partial charge on any atom is 0.274 e. The van der Waals surface area contributed by atoms with Crippen molar-refractivity contribution in [2.75, 3.05) is 32.7 Å². The van der Waals surface area contributed by atoms with Gasteiger partial charge in [-0.25, -0.2) is 27.1 Å². The normalized spacial score (nSPS) is 24.3. The van der Waals surface area contributed by atoms with Crippen LogP contribution in [0.5, 0.6) is 5.75 Å². The van der Waals surface area contributed by atoms with Gasteiger partial charge in [0.1, 0.15) is 28.0 Å². The van der Waals surface area contributed by atoms with Crippen molar-refractivity contribution in [3.8, 4) is 5.75 Å². The third-order valence-corrected chi connectivity index (χ3v) is 7.90. The van der Waals surface area contributed by atoms with Gasteiger partial charge in [-0.05, 0) is 30.3 Å². The summed E-state index contributed by atoms with van der Waals surface area (Å²) in [6, 6.07) is 6.99. The third kappa shape index (κ3) is 3.54. The molecule has 0 saturated carbocycles. The highest BCUT2D eigenvalue weighted by molar-refractivity contribution is 7.90. The number of aliphatic imine (C=N–C) groups is 1. The van der Waals surface area contributed by atoms with Crippen molar-refractivity contribution in [3.05, 3.63) is 53.6 Å². The predicted molar refractivity (Wildman–Crippen MR) is 114 cm³/mol. The van der Waals surface area contributed by atoms with Crippen LogP contribution < -0.4 is 15.8 Å². The molecule has 2 aromatic rings.